The molecule has 5 N–H and O–H groups in total. The first-order valence-electron chi connectivity index (χ1n) is 5.29. The molecular weight excluding hydrogens is 240 g/mol. The highest BCUT2D eigenvalue weighted by molar-refractivity contribution is 5.86. The van der Waals surface area contributed by atoms with Crippen LogP contribution in [0.2, 0.25) is 0 Å². The number of methoxy groups -OCH3 is 1. The monoisotopic (exact) mass is 256 g/mol. The van der Waals surface area contributed by atoms with Crippen LogP contribution in [-0.4, -0.2) is 52.8 Å². The molecule has 1 rings (SSSR count). The summed E-state index contributed by atoms with van der Waals surface area (Å²) in [5, 5.41) is 11.4. The second kappa shape index (κ2) is 6.72. The molecule has 8 heteroatoms. The van der Waals surface area contributed by atoms with Crippen LogP contribution in [0, 0.1) is 0 Å². The number of aliphatic carboxylic acids is 1. The molecule has 1 unspecified atom stereocenters. The lowest BCUT2D eigenvalue weighted by atomic mass is 10.1. The maximum absolute atomic E-state index is 11.6. The number of nitrogens with zero attached hydrogens (tertiary/aromatic N) is 1. The number of nitrogens with one attached hydrogen (secondary N) is 2. The summed E-state index contributed by atoms with van der Waals surface area (Å²) in [6, 6.07) is -1.94. The SMILES string of the molecule is COCC(N)C(=O)N[C@H](Cc1cnc[nH]1)C(=O)O. The van der Waals surface area contributed by atoms with Gasteiger partial charge in [-0.15, -0.1) is 0 Å². The van der Waals surface area contributed by atoms with Crippen molar-refractivity contribution >= 4 is 11.9 Å². The average Bonchev–Trinajstić information content (AvgIpc) is 2.81. The molecule has 0 aliphatic rings. The van der Waals surface area contributed by atoms with Crippen molar-refractivity contribution in [3.05, 3.63) is 18.2 Å². The molecule has 0 saturated carbocycles. The van der Waals surface area contributed by atoms with Gasteiger partial charge in [-0.05, 0) is 0 Å². The Bertz CT molecular complexity index is 393. The third-order valence-electron chi connectivity index (χ3n) is 2.28. The highest BCUT2D eigenvalue weighted by Crippen LogP contribution is 1.99. The van der Waals surface area contributed by atoms with Crippen molar-refractivity contribution < 1.29 is 19.4 Å². The fourth-order valence-electron chi connectivity index (χ4n) is 1.35. The van der Waals surface area contributed by atoms with Crippen LogP contribution >= 0.6 is 0 Å². The number of carbonyl (C=O) groups excluding carboxylic acids is 1. The molecule has 100 valence electrons. The van der Waals surface area contributed by atoms with Gasteiger partial charge in [0.05, 0.1) is 12.9 Å². The normalized spacial score (nSPS) is 13.9. The molecule has 8 nitrogen and oxygen atoms in total. The molecule has 1 heterocycles. The Morgan fingerprint density at radius 2 is 2.39 bits per heavy atom. The van der Waals surface area contributed by atoms with Crippen LogP contribution in [0.4, 0.5) is 0 Å². The second-order valence-corrected chi connectivity index (χ2v) is 3.74. The molecule has 0 radical (unpaired) electrons. The van der Waals surface area contributed by atoms with Crippen molar-refractivity contribution in [1.82, 2.24) is 15.3 Å². The number of hydrogen-bond acceptors (Lipinski definition) is 5. The van der Waals surface area contributed by atoms with Gasteiger partial charge < -0.3 is 25.9 Å². The lowest BCUT2D eigenvalue weighted by Crippen LogP contribution is -2.50. The number of amides is 1. The number of hydrogen-bond donors (Lipinski definition) is 4. The quantitative estimate of drug-likeness (QED) is 0.469. The van der Waals surface area contributed by atoms with Crippen LogP contribution in [0.5, 0.6) is 0 Å². The van der Waals surface area contributed by atoms with E-state index in [0.29, 0.717) is 5.69 Å². The molecule has 0 fully saturated rings. The first-order valence-corrected chi connectivity index (χ1v) is 5.29. The van der Waals surface area contributed by atoms with E-state index in [4.69, 9.17) is 15.6 Å². The van der Waals surface area contributed by atoms with Gasteiger partial charge in [0.15, 0.2) is 0 Å². The fraction of sp³-hybridized carbons (Fsp3) is 0.500. The first-order chi connectivity index (χ1) is 8.54. The van der Waals surface area contributed by atoms with Crippen LogP contribution in [0.1, 0.15) is 5.69 Å². The van der Waals surface area contributed by atoms with Crippen molar-refractivity contribution in [1.29, 1.82) is 0 Å². The number of carboxylic acids is 1. The number of nitrogens with two attached hydrogens (primary N) is 1. The lowest BCUT2D eigenvalue weighted by Gasteiger charge is -2.16. The second-order valence-electron chi connectivity index (χ2n) is 3.74. The van der Waals surface area contributed by atoms with Gasteiger partial charge >= 0.3 is 5.97 Å². The summed E-state index contributed by atoms with van der Waals surface area (Å²) in [6.07, 6.45) is 3.05. The summed E-state index contributed by atoms with van der Waals surface area (Å²) < 4.78 is 4.72. The number of aromatic nitrogens is 2. The highest BCUT2D eigenvalue weighted by Gasteiger charge is 2.23. The zero-order valence-corrected chi connectivity index (χ0v) is 9.92. The number of imidazole rings is 1. The van der Waals surface area contributed by atoms with E-state index in [2.05, 4.69) is 15.3 Å². The molecule has 1 aromatic heterocycles. The van der Waals surface area contributed by atoms with E-state index in [9.17, 15) is 9.59 Å². The number of aromatic amines is 1. The summed E-state index contributed by atoms with van der Waals surface area (Å²) >= 11 is 0. The minimum Gasteiger partial charge on any atom is -0.480 e. The van der Waals surface area contributed by atoms with Crippen LogP contribution in [0.15, 0.2) is 12.5 Å². The van der Waals surface area contributed by atoms with E-state index in [1.165, 1.54) is 19.6 Å². The zero-order valence-electron chi connectivity index (χ0n) is 9.92. The summed E-state index contributed by atoms with van der Waals surface area (Å²) in [5.74, 6) is -1.70. The van der Waals surface area contributed by atoms with Gasteiger partial charge in [0.2, 0.25) is 5.91 Å². The molecule has 0 bridgehead atoms. The van der Waals surface area contributed by atoms with Crippen LogP contribution in [-0.2, 0) is 20.7 Å². The average molecular weight is 256 g/mol. The Hall–Kier alpha value is -1.93. The number of H-pyrrole nitrogens is 1. The number of carbonyl (C=O) groups is 2. The number of carboxylic acid groups (broad SMARTS) is 1. The summed E-state index contributed by atoms with van der Waals surface area (Å²) in [7, 11) is 1.41. The maximum Gasteiger partial charge on any atom is 0.326 e. The molecule has 1 aromatic rings. The Morgan fingerprint density at radius 1 is 1.67 bits per heavy atom. The van der Waals surface area contributed by atoms with Gasteiger partial charge in [0.1, 0.15) is 12.1 Å². The lowest BCUT2D eigenvalue weighted by molar-refractivity contribution is -0.142. The molecule has 2 atom stereocenters. The molecule has 18 heavy (non-hydrogen) atoms. The smallest absolute Gasteiger partial charge is 0.326 e. The summed E-state index contributed by atoms with van der Waals surface area (Å²) in [6.45, 7) is 0.0300. The molecule has 0 spiro atoms. The predicted octanol–water partition coefficient (Wildman–Crippen LogP) is -1.50. The van der Waals surface area contributed by atoms with E-state index in [0.717, 1.165) is 0 Å². The molecular formula is C10H16N4O4. The molecule has 0 aromatic carbocycles. The van der Waals surface area contributed by atoms with Crippen LogP contribution < -0.4 is 11.1 Å². The molecule has 0 aliphatic carbocycles. The van der Waals surface area contributed by atoms with Gasteiger partial charge in [-0.1, -0.05) is 0 Å². The topological polar surface area (TPSA) is 130 Å². The Labute approximate surface area is 104 Å². The van der Waals surface area contributed by atoms with Gasteiger partial charge in [-0.2, -0.15) is 0 Å². The first kappa shape index (κ1) is 14.1. The van der Waals surface area contributed by atoms with Gasteiger partial charge in [0, 0.05) is 25.4 Å². The summed E-state index contributed by atoms with van der Waals surface area (Å²) in [5.41, 5.74) is 6.11. The molecule has 0 saturated heterocycles. The van der Waals surface area contributed by atoms with Crippen molar-refractivity contribution in [2.75, 3.05) is 13.7 Å². The van der Waals surface area contributed by atoms with Crippen molar-refractivity contribution in [2.45, 2.75) is 18.5 Å². The Kier molecular flexibility index (Phi) is 5.28. The van der Waals surface area contributed by atoms with E-state index >= 15 is 0 Å². The number of rotatable bonds is 7. The van der Waals surface area contributed by atoms with E-state index < -0.39 is 24.0 Å². The van der Waals surface area contributed by atoms with Gasteiger partial charge in [-0.3, -0.25) is 4.79 Å². The third kappa shape index (κ3) is 4.15. The minimum atomic E-state index is -1.14. The van der Waals surface area contributed by atoms with Crippen molar-refractivity contribution in [3.8, 4) is 0 Å². The fourth-order valence-corrected chi connectivity index (χ4v) is 1.35. The Morgan fingerprint density at radius 3 is 2.89 bits per heavy atom. The molecule has 0 aliphatic heterocycles. The van der Waals surface area contributed by atoms with Crippen LogP contribution in [0.25, 0.3) is 0 Å². The van der Waals surface area contributed by atoms with E-state index in [1.807, 2.05) is 0 Å². The van der Waals surface area contributed by atoms with E-state index in [1.54, 1.807) is 0 Å². The van der Waals surface area contributed by atoms with Crippen molar-refractivity contribution in [3.63, 3.8) is 0 Å². The van der Waals surface area contributed by atoms with E-state index in [-0.39, 0.29) is 13.0 Å². The third-order valence-corrected chi connectivity index (χ3v) is 2.28. The zero-order chi connectivity index (χ0) is 13.5. The van der Waals surface area contributed by atoms with Gasteiger partial charge in [-0.25, -0.2) is 9.78 Å². The molecule has 1 amide bonds. The standard InChI is InChI=1S/C10H16N4O4/c1-18-4-7(11)9(15)14-8(10(16)17)2-6-3-12-5-13-6/h3,5,7-8H,2,4,11H2,1H3,(H,12,13)(H,14,15)(H,16,17)/t7?,8-/m1/s1. The summed E-state index contributed by atoms with van der Waals surface area (Å²) in [4.78, 5) is 29.1. The highest BCUT2D eigenvalue weighted by atomic mass is 16.5. The maximum atomic E-state index is 11.6. The Balaban J connectivity index is 2.58. The largest absolute Gasteiger partial charge is 0.480 e. The minimum absolute atomic E-state index is 0.0300. The van der Waals surface area contributed by atoms with Crippen molar-refractivity contribution in [2.24, 2.45) is 5.73 Å². The number of ether oxygens (including phenoxy) is 1. The van der Waals surface area contributed by atoms with Crippen LogP contribution in [0.3, 0.4) is 0 Å². The predicted molar refractivity (Wildman–Crippen MR) is 61.7 cm³/mol. The van der Waals surface area contributed by atoms with Gasteiger partial charge in [0.25, 0.3) is 0 Å².